The number of hydrogen-bond acceptors (Lipinski definition) is 8. The van der Waals surface area contributed by atoms with Gasteiger partial charge in [0.1, 0.15) is 18.3 Å². The van der Waals surface area contributed by atoms with Crippen LogP contribution in [-0.2, 0) is 25.6 Å². The quantitative estimate of drug-likeness (QED) is 0.212. The lowest BCUT2D eigenvalue weighted by Crippen LogP contribution is -2.37. The van der Waals surface area contributed by atoms with Gasteiger partial charge in [-0.15, -0.1) is 0 Å². The fraction of sp³-hybridized carbons (Fsp3) is 0.545. The number of benzene rings is 1. The van der Waals surface area contributed by atoms with E-state index in [4.69, 9.17) is 20.5 Å². The Hall–Kier alpha value is -3.48. The summed E-state index contributed by atoms with van der Waals surface area (Å²) >= 11 is 0. The van der Waals surface area contributed by atoms with Crippen LogP contribution < -0.4 is 16.4 Å². The van der Waals surface area contributed by atoms with E-state index in [0.717, 1.165) is 24.8 Å². The van der Waals surface area contributed by atoms with Crippen LogP contribution in [0.3, 0.4) is 0 Å². The van der Waals surface area contributed by atoms with E-state index in [0.29, 0.717) is 12.2 Å². The molecule has 32 heavy (non-hydrogen) atoms. The molecule has 10 nitrogen and oxygen atoms in total. The van der Waals surface area contributed by atoms with Crippen LogP contribution in [-0.4, -0.2) is 43.5 Å². The maximum atomic E-state index is 11.6. The predicted octanol–water partition coefficient (Wildman–Crippen LogP) is 3.26. The highest BCUT2D eigenvalue weighted by Gasteiger charge is 2.17. The molecule has 0 aliphatic carbocycles. The summed E-state index contributed by atoms with van der Waals surface area (Å²) in [5, 5.41) is 13.2. The maximum absolute atomic E-state index is 11.6. The molecule has 1 aromatic carbocycles. The largest absolute Gasteiger partial charge is 0.452 e. The van der Waals surface area contributed by atoms with Crippen molar-refractivity contribution in [1.82, 2.24) is 10.6 Å². The van der Waals surface area contributed by atoms with Gasteiger partial charge in [-0.1, -0.05) is 12.1 Å². The zero-order chi connectivity index (χ0) is 24.4. The van der Waals surface area contributed by atoms with Gasteiger partial charge in [0.05, 0.1) is 0 Å². The molecule has 0 aromatic heterocycles. The summed E-state index contributed by atoms with van der Waals surface area (Å²) in [6.45, 7) is 8.24. The molecule has 0 saturated heterocycles. The van der Waals surface area contributed by atoms with Gasteiger partial charge in [-0.05, 0) is 64.7 Å². The van der Waals surface area contributed by atoms with E-state index in [2.05, 4.69) is 15.4 Å². The number of anilines is 1. The summed E-state index contributed by atoms with van der Waals surface area (Å²) in [6.07, 6.45) is 1.63. The Balaban J connectivity index is 0.00000140. The Morgan fingerprint density at radius 1 is 1.19 bits per heavy atom. The van der Waals surface area contributed by atoms with Gasteiger partial charge >= 0.3 is 12.2 Å². The van der Waals surface area contributed by atoms with Gasteiger partial charge in [0, 0.05) is 18.3 Å². The molecule has 0 heterocycles. The number of unbranched alkanes of at least 4 members (excludes halogenated alkanes) is 1. The first-order chi connectivity index (χ1) is 15.1. The minimum absolute atomic E-state index is 0.0160. The number of nitrogens with zero attached hydrogens (tertiary/aromatic N) is 1. The molecular formula is C22H34N4O6. The molecule has 2 amide bonds. The predicted molar refractivity (Wildman–Crippen MR) is 119 cm³/mol. The average Bonchev–Trinajstić information content (AvgIpc) is 2.70. The normalized spacial score (nSPS) is 11.0. The van der Waals surface area contributed by atoms with Gasteiger partial charge in [0.25, 0.3) is 6.47 Å². The third-order valence-electron chi connectivity index (χ3n) is 3.66. The second-order valence-electron chi connectivity index (χ2n) is 7.85. The van der Waals surface area contributed by atoms with Crippen molar-refractivity contribution >= 4 is 24.3 Å². The van der Waals surface area contributed by atoms with E-state index in [-0.39, 0.29) is 25.7 Å². The molecule has 0 saturated carbocycles. The Bertz CT molecular complexity index is 725. The lowest BCUT2D eigenvalue weighted by molar-refractivity contribution is -0.127. The molecule has 178 valence electrons. The van der Waals surface area contributed by atoms with Crippen LogP contribution in [0.1, 0.15) is 52.5 Å². The van der Waals surface area contributed by atoms with Crippen molar-refractivity contribution in [3.63, 3.8) is 0 Å². The Morgan fingerprint density at radius 3 is 2.38 bits per heavy atom. The Labute approximate surface area is 189 Å². The van der Waals surface area contributed by atoms with Gasteiger partial charge in [-0.2, -0.15) is 5.26 Å². The summed E-state index contributed by atoms with van der Waals surface area (Å²) in [5.41, 5.74) is 6.66. The van der Waals surface area contributed by atoms with E-state index >= 15 is 0 Å². The SMILES string of the molecule is CC(CCCCNC(=O)OCc1ccc(N)cc1)NC(=O)OC(C)(C)C.N#CCOC=O. The van der Waals surface area contributed by atoms with Crippen molar-refractivity contribution in [3.05, 3.63) is 29.8 Å². The summed E-state index contributed by atoms with van der Waals surface area (Å²) < 4.78 is 14.3. The minimum Gasteiger partial charge on any atom is -0.452 e. The molecule has 1 unspecified atom stereocenters. The van der Waals surface area contributed by atoms with Crippen molar-refractivity contribution in [3.8, 4) is 6.07 Å². The van der Waals surface area contributed by atoms with Crippen molar-refractivity contribution in [2.24, 2.45) is 0 Å². The molecule has 0 aliphatic heterocycles. The second-order valence-corrected chi connectivity index (χ2v) is 7.85. The molecule has 10 heteroatoms. The molecule has 0 aliphatic rings. The van der Waals surface area contributed by atoms with Crippen LogP contribution in [0.25, 0.3) is 0 Å². The first-order valence-electron chi connectivity index (χ1n) is 10.2. The van der Waals surface area contributed by atoms with Crippen molar-refractivity contribution in [1.29, 1.82) is 5.26 Å². The summed E-state index contributed by atoms with van der Waals surface area (Å²) in [6, 6.07) is 8.81. The maximum Gasteiger partial charge on any atom is 0.407 e. The summed E-state index contributed by atoms with van der Waals surface area (Å²) in [5.74, 6) is 0. The number of nitrogen functional groups attached to an aromatic ring is 1. The van der Waals surface area contributed by atoms with Gasteiger partial charge < -0.3 is 30.6 Å². The lowest BCUT2D eigenvalue weighted by atomic mass is 10.1. The van der Waals surface area contributed by atoms with Crippen molar-refractivity contribution in [2.75, 3.05) is 18.9 Å². The molecular weight excluding hydrogens is 416 g/mol. The number of ether oxygens (including phenoxy) is 3. The summed E-state index contributed by atoms with van der Waals surface area (Å²) in [4.78, 5) is 32.5. The molecule has 0 radical (unpaired) electrons. The lowest BCUT2D eigenvalue weighted by Gasteiger charge is -2.21. The highest BCUT2D eigenvalue weighted by atomic mass is 16.6. The number of alkyl carbamates (subject to hydrolysis) is 2. The first-order valence-corrected chi connectivity index (χ1v) is 10.2. The van der Waals surface area contributed by atoms with E-state index in [1.54, 1.807) is 18.2 Å². The number of nitriles is 1. The van der Waals surface area contributed by atoms with Crippen molar-refractivity contribution < 1.29 is 28.6 Å². The number of carbonyl (C=O) groups is 3. The van der Waals surface area contributed by atoms with Gasteiger partial charge in [-0.3, -0.25) is 4.79 Å². The van der Waals surface area contributed by atoms with Gasteiger partial charge in [0.15, 0.2) is 6.61 Å². The number of nitrogens with one attached hydrogen (secondary N) is 2. The Kier molecular flexibility index (Phi) is 14.5. The molecule has 0 bridgehead atoms. The number of carbonyl (C=O) groups excluding carboxylic acids is 3. The number of amides is 2. The van der Waals surface area contributed by atoms with Crippen molar-refractivity contribution in [2.45, 2.75) is 65.2 Å². The van der Waals surface area contributed by atoms with Gasteiger partial charge in [-0.25, -0.2) is 9.59 Å². The molecule has 0 spiro atoms. The molecule has 1 rings (SSSR count). The molecule has 1 aromatic rings. The van der Waals surface area contributed by atoms with Crippen LogP contribution in [0, 0.1) is 11.3 Å². The number of hydrogen-bond donors (Lipinski definition) is 3. The molecule has 0 fully saturated rings. The van der Waals surface area contributed by atoms with E-state index in [1.165, 1.54) is 0 Å². The average molecular weight is 451 g/mol. The number of rotatable bonds is 10. The summed E-state index contributed by atoms with van der Waals surface area (Å²) in [7, 11) is 0. The van der Waals surface area contributed by atoms with Crippen LogP contribution in [0.5, 0.6) is 0 Å². The molecule has 1 atom stereocenters. The standard InChI is InChI=1S/C19H31N3O4.C3H3NO2/c1-14(22-18(24)26-19(2,3)4)7-5-6-12-21-17(23)25-13-15-8-10-16(20)11-9-15;4-1-2-6-3-5/h8-11,14H,5-7,12-13,20H2,1-4H3,(H,21,23)(H,22,24);3H,2H2. The van der Waals surface area contributed by atoms with Crippen LogP contribution >= 0.6 is 0 Å². The monoisotopic (exact) mass is 450 g/mol. The smallest absolute Gasteiger partial charge is 0.407 e. The van der Waals surface area contributed by atoms with Gasteiger partial charge in [0.2, 0.25) is 0 Å². The fourth-order valence-corrected chi connectivity index (χ4v) is 2.23. The van der Waals surface area contributed by atoms with E-state index < -0.39 is 17.8 Å². The topological polar surface area (TPSA) is 153 Å². The zero-order valence-corrected chi connectivity index (χ0v) is 19.2. The number of nitrogens with two attached hydrogens (primary N) is 1. The van der Waals surface area contributed by atoms with E-state index in [1.807, 2.05) is 39.8 Å². The first kappa shape index (κ1) is 28.5. The minimum atomic E-state index is -0.500. The second kappa shape index (κ2) is 16.2. The highest BCUT2D eigenvalue weighted by molar-refractivity contribution is 5.68. The van der Waals surface area contributed by atoms with E-state index in [9.17, 15) is 14.4 Å². The highest BCUT2D eigenvalue weighted by Crippen LogP contribution is 2.08. The third kappa shape index (κ3) is 17.4. The third-order valence-corrected chi connectivity index (χ3v) is 3.66. The van der Waals surface area contributed by atoms with Crippen LogP contribution in [0.15, 0.2) is 24.3 Å². The zero-order valence-electron chi connectivity index (χ0n) is 19.2. The fourth-order valence-electron chi connectivity index (χ4n) is 2.23. The van der Waals surface area contributed by atoms with Crippen LogP contribution in [0.2, 0.25) is 0 Å². The molecule has 4 N–H and O–H groups in total. The van der Waals surface area contributed by atoms with Crippen LogP contribution in [0.4, 0.5) is 15.3 Å². The Morgan fingerprint density at radius 2 is 1.84 bits per heavy atom.